The third-order valence-electron chi connectivity index (χ3n) is 3.16. The third-order valence-corrected chi connectivity index (χ3v) is 3.82. The van der Waals surface area contributed by atoms with Crippen molar-refractivity contribution in [2.75, 3.05) is 0 Å². The summed E-state index contributed by atoms with van der Waals surface area (Å²) in [5.74, 6) is -1.14. The van der Waals surface area contributed by atoms with Crippen LogP contribution >= 0.6 is 15.9 Å². The minimum atomic E-state index is -0.870. The maximum Gasteiger partial charge on any atom is 0.304 e. The van der Waals surface area contributed by atoms with Crippen molar-refractivity contribution in [3.8, 4) is 0 Å². The normalized spacial score (nSPS) is 17.2. The van der Waals surface area contributed by atoms with Gasteiger partial charge in [-0.15, -0.1) is 0 Å². The summed E-state index contributed by atoms with van der Waals surface area (Å²) in [6, 6.07) is 3.48. The van der Waals surface area contributed by atoms with Gasteiger partial charge in [0.1, 0.15) is 5.82 Å². The summed E-state index contributed by atoms with van der Waals surface area (Å²) in [6.07, 6.45) is 1.50. The Balaban J connectivity index is 2.48. The Kier molecular flexibility index (Phi) is 2.78. The average molecular weight is 287 g/mol. The number of rotatable bonds is 3. The van der Waals surface area contributed by atoms with Crippen LogP contribution < -0.4 is 0 Å². The molecule has 0 saturated heterocycles. The lowest BCUT2D eigenvalue weighted by Gasteiger charge is -2.17. The molecule has 16 heavy (non-hydrogen) atoms. The molecule has 1 aliphatic carbocycles. The second-order valence-electron chi connectivity index (χ2n) is 4.40. The van der Waals surface area contributed by atoms with Crippen molar-refractivity contribution in [1.29, 1.82) is 0 Å². The van der Waals surface area contributed by atoms with E-state index in [0.29, 0.717) is 15.6 Å². The number of hydrogen-bond donors (Lipinski definition) is 1. The minimum Gasteiger partial charge on any atom is -0.481 e. The van der Waals surface area contributed by atoms with Crippen LogP contribution in [0.15, 0.2) is 16.6 Å². The maximum atomic E-state index is 14.0. The van der Waals surface area contributed by atoms with E-state index in [0.717, 1.165) is 12.8 Å². The van der Waals surface area contributed by atoms with E-state index >= 15 is 0 Å². The zero-order valence-electron chi connectivity index (χ0n) is 8.89. The molecule has 0 aliphatic heterocycles. The molecule has 0 aromatic heterocycles. The molecule has 0 bridgehead atoms. The van der Waals surface area contributed by atoms with Crippen LogP contribution in [-0.4, -0.2) is 11.1 Å². The molecule has 1 aromatic carbocycles. The van der Waals surface area contributed by atoms with Gasteiger partial charge in [-0.3, -0.25) is 4.79 Å². The highest BCUT2D eigenvalue weighted by Crippen LogP contribution is 2.54. The Hall–Kier alpha value is -0.900. The molecule has 0 atom stereocenters. The van der Waals surface area contributed by atoms with Gasteiger partial charge in [-0.1, -0.05) is 22.0 Å². The number of aliphatic carboxylic acids is 1. The van der Waals surface area contributed by atoms with Crippen molar-refractivity contribution in [1.82, 2.24) is 0 Å². The first-order valence-corrected chi connectivity index (χ1v) is 5.92. The van der Waals surface area contributed by atoms with Gasteiger partial charge in [-0.2, -0.15) is 0 Å². The van der Waals surface area contributed by atoms with E-state index in [1.54, 1.807) is 19.1 Å². The summed E-state index contributed by atoms with van der Waals surface area (Å²) in [7, 11) is 0. The smallest absolute Gasteiger partial charge is 0.304 e. The van der Waals surface area contributed by atoms with Crippen LogP contribution in [0.2, 0.25) is 0 Å². The molecule has 1 N–H and O–H groups in total. The molecule has 1 aliphatic rings. The van der Waals surface area contributed by atoms with Gasteiger partial charge in [0.05, 0.1) is 6.42 Å². The van der Waals surface area contributed by atoms with Crippen molar-refractivity contribution in [3.05, 3.63) is 33.5 Å². The molecule has 2 rings (SSSR count). The number of halogens is 2. The molecule has 0 amide bonds. The fraction of sp³-hybridized carbons (Fsp3) is 0.417. The number of carbonyl (C=O) groups is 1. The van der Waals surface area contributed by atoms with E-state index in [1.165, 1.54) is 0 Å². The fourth-order valence-corrected chi connectivity index (χ4v) is 2.83. The summed E-state index contributed by atoms with van der Waals surface area (Å²) in [5.41, 5.74) is 0.616. The predicted molar refractivity (Wildman–Crippen MR) is 62.0 cm³/mol. The maximum absolute atomic E-state index is 14.0. The number of carboxylic acid groups (broad SMARTS) is 1. The summed E-state index contributed by atoms with van der Waals surface area (Å²) in [6.45, 7) is 1.70. The highest BCUT2D eigenvalue weighted by atomic mass is 79.9. The Labute approximate surface area is 102 Å². The van der Waals surface area contributed by atoms with E-state index in [9.17, 15) is 9.18 Å². The summed E-state index contributed by atoms with van der Waals surface area (Å²) < 4.78 is 14.7. The van der Waals surface area contributed by atoms with Crippen LogP contribution in [0, 0.1) is 12.7 Å². The van der Waals surface area contributed by atoms with Crippen LogP contribution in [0.1, 0.15) is 30.4 Å². The number of carboxylic acids is 1. The second kappa shape index (κ2) is 3.84. The molecular weight excluding hydrogens is 275 g/mol. The van der Waals surface area contributed by atoms with Crippen molar-refractivity contribution >= 4 is 21.9 Å². The van der Waals surface area contributed by atoms with E-state index in [-0.39, 0.29) is 12.2 Å². The Bertz CT molecular complexity index is 453. The molecule has 4 heteroatoms. The van der Waals surface area contributed by atoms with Crippen LogP contribution in [0.25, 0.3) is 0 Å². The molecule has 0 spiro atoms. The third kappa shape index (κ3) is 1.86. The summed E-state index contributed by atoms with van der Waals surface area (Å²) in [5, 5.41) is 8.86. The molecule has 86 valence electrons. The molecule has 0 unspecified atom stereocenters. The highest BCUT2D eigenvalue weighted by molar-refractivity contribution is 9.10. The standard InChI is InChI=1S/C12H12BrFO2/c1-7-2-3-8(13)10(11(7)14)12(4-5-12)6-9(15)16/h2-3H,4-6H2,1H3,(H,15,16). The lowest BCUT2D eigenvalue weighted by atomic mass is 9.90. The first kappa shape index (κ1) is 11.6. The fourth-order valence-electron chi connectivity index (χ4n) is 2.10. The first-order chi connectivity index (χ1) is 7.46. The zero-order valence-corrected chi connectivity index (χ0v) is 10.5. The van der Waals surface area contributed by atoms with Crippen molar-refractivity contribution in [2.24, 2.45) is 0 Å². The minimum absolute atomic E-state index is 0.00593. The molecule has 0 heterocycles. The quantitative estimate of drug-likeness (QED) is 0.925. The van der Waals surface area contributed by atoms with Crippen molar-refractivity contribution in [2.45, 2.75) is 31.6 Å². The molecule has 1 fully saturated rings. The molecule has 1 aromatic rings. The van der Waals surface area contributed by atoms with Crippen molar-refractivity contribution in [3.63, 3.8) is 0 Å². The van der Waals surface area contributed by atoms with Gasteiger partial charge in [-0.25, -0.2) is 4.39 Å². The van der Waals surface area contributed by atoms with Gasteiger partial charge in [-0.05, 0) is 31.4 Å². The first-order valence-electron chi connectivity index (χ1n) is 5.13. The topological polar surface area (TPSA) is 37.3 Å². The average Bonchev–Trinajstić information content (AvgIpc) is 2.92. The largest absolute Gasteiger partial charge is 0.481 e. The van der Waals surface area contributed by atoms with E-state index in [2.05, 4.69) is 15.9 Å². The second-order valence-corrected chi connectivity index (χ2v) is 5.26. The van der Waals surface area contributed by atoms with E-state index < -0.39 is 11.4 Å². The van der Waals surface area contributed by atoms with Gasteiger partial charge in [0.15, 0.2) is 0 Å². The molecule has 1 saturated carbocycles. The Morgan fingerprint density at radius 2 is 2.19 bits per heavy atom. The van der Waals surface area contributed by atoms with Gasteiger partial charge >= 0.3 is 5.97 Å². The number of hydrogen-bond acceptors (Lipinski definition) is 1. The van der Waals surface area contributed by atoms with Gasteiger partial charge in [0, 0.05) is 15.5 Å². The summed E-state index contributed by atoms with van der Waals surface area (Å²) in [4.78, 5) is 10.8. The van der Waals surface area contributed by atoms with Crippen LogP contribution in [-0.2, 0) is 10.2 Å². The van der Waals surface area contributed by atoms with Crippen molar-refractivity contribution < 1.29 is 14.3 Å². The van der Waals surface area contributed by atoms with Crippen LogP contribution in [0.5, 0.6) is 0 Å². The van der Waals surface area contributed by atoms with Crippen LogP contribution in [0.4, 0.5) is 4.39 Å². The monoisotopic (exact) mass is 286 g/mol. The Morgan fingerprint density at radius 3 is 2.69 bits per heavy atom. The molecule has 2 nitrogen and oxygen atoms in total. The zero-order chi connectivity index (χ0) is 11.9. The van der Waals surface area contributed by atoms with Gasteiger partial charge < -0.3 is 5.11 Å². The predicted octanol–water partition coefficient (Wildman–Crippen LogP) is 3.40. The van der Waals surface area contributed by atoms with E-state index in [1.807, 2.05) is 0 Å². The lowest BCUT2D eigenvalue weighted by molar-refractivity contribution is -0.137. The Morgan fingerprint density at radius 1 is 1.56 bits per heavy atom. The molecule has 0 radical (unpaired) electrons. The van der Waals surface area contributed by atoms with Gasteiger partial charge in [0.25, 0.3) is 0 Å². The number of benzene rings is 1. The molecular formula is C12H12BrFO2. The highest BCUT2D eigenvalue weighted by Gasteiger charge is 2.48. The van der Waals surface area contributed by atoms with Crippen LogP contribution in [0.3, 0.4) is 0 Å². The SMILES string of the molecule is Cc1ccc(Br)c(C2(CC(=O)O)CC2)c1F. The van der Waals surface area contributed by atoms with Gasteiger partial charge in [0.2, 0.25) is 0 Å². The number of aryl methyl sites for hydroxylation is 1. The summed E-state index contributed by atoms with van der Waals surface area (Å²) >= 11 is 3.31. The lowest BCUT2D eigenvalue weighted by Crippen LogP contribution is -2.16. The van der Waals surface area contributed by atoms with E-state index in [4.69, 9.17) is 5.11 Å².